The van der Waals surface area contributed by atoms with Crippen LogP contribution < -0.4 is 5.32 Å². The van der Waals surface area contributed by atoms with Crippen LogP contribution >= 0.6 is 0 Å². The molecule has 0 aliphatic heterocycles. The zero-order valence-electron chi connectivity index (χ0n) is 14.2. The van der Waals surface area contributed by atoms with E-state index in [1.165, 1.54) is 25.7 Å². The summed E-state index contributed by atoms with van der Waals surface area (Å²) in [7, 11) is 0. The van der Waals surface area contributed by atoms with Crippen LogP contribution in [-0.4, -0.2) is 37.4 Å². The van der Waals surface area contributed by atoms with E-state index in [1.54, 1.807) is 0 Å². The van der Waals surface area contributed by atoms with E-state index < -0.39 is 5.54 Å². The Labute approximate surface area is 130 Å². The molecule has 1 fully saturated rings. The van der Waals surface area contributed by atoms with Gasteiger partial charge in [0.05, 0.1) is 12.7 Å². The number of rotatable bonds is 9. The molecule has 4 heteroatoms. The Morgan fingerprint density at radius 2 is 2.05 bits per heavy atom. The van der Waals surface area contributed by atoms with Crippen molar-refractivity contribution in [1.82, 2.24) is 5.32 Å². The summed E-state index contributed by atoms with van der Waals surface area (Å²) >= 11 is 0. The maximum Gasteiger partial charge on any atom is 0.326 e. The fraction of sp³-hybridized carbons (Fsp3) is 0.941. The van der Waals surface area contributed by atoms with Crippen LogP contribution in [0, 0.1) is 5.92 Å². The summed E-state index contributed by atoms with van der Waals surface area (Å²) in [6.45, 7) is 9.80. The highest BCUT2D eigenvalue weighted by molar-refractivity contribution is 5.80. The molecule has 4 nitrogen and oxygen atoms in total. The van der Waals surface area contributed by atoms with Gasteiger partial charge in [-0.05, 0) is 45.6 Å². The van der Waals surface area contributed by atoms with Crippen LogP contribution in [0.15, 0.2) is 0 Å². The highest BCUT2D eigenvalue weighted by Crippen LogP contribution is 2.28. The maximum atomic E-state index is 12.1. The van der Waals surface area contributed by atoms with Crippen molar-refractivity contribution in [2.75, 3.05) is 19.8 Å². The minimum absolute atomic E-state index is 0.175. The quantitative estimate of drug-likeness (QED) is 0.664. The Morgan fingerprint density at radius 1 is 1.29 bits per heavy atom. The van der Waals surface area contributed by atoms with E-state index in [9.17, 15) is 4.79 Å². The van der Waals surface area contributed by atoms with Crippen molar-refractivity contribution in [2.45, 2.75) is 77.9 Å². The van der Waals surface area contributed by atoms with Crippen LogP contribution in [0.25, 0.3) is 0 Å². The second-order valence-electron chi connectivity index (χ2n) is 6.27. The van der Waals surface area contributed by atoms with E-state index in [2.05, 4.69) is 12.2 Å². The molecule has 3 unspecified atom stereocenters. The number of likely N-dealkylation sites (N-methyl/N-ethyl adjacent to an activating group) is 1. The van der Waals surface area contributed by atoms with Crippen molar-refractivity contribution in [3.8, 4) is 0 Å². The topological polar surface area (TPSA) is 47.6 Å². The molecule has 0 bridgehead atoms. The zero-order valence-corrected chi connectivity index (χ0v) is 14.2. The lowest BCUT2D eigenvalue weighted by Gasteiger charge is -2.31. The number of hydrogen-bond donors (Lipinski definition) is 1. The summed E-state index contributed by atoms with van der Waals surface area (Å²) in [5.41, 5.74) is -0.635. The third-order valence-electron chi connectivity index (χ3n) is 4.56. The van der Waals surface area contributed by atoms with Crippen LogP contribution in [-0.2, 0) is 14.3 Å². The molecule has 0 spiro atoms. The first-order valence-corrected chi connectivity index (χ1v) is 8.59. The van der Waals surface area contributed by atoms with E-state index in [0.717, 1.165) is 18.9 Å². The molecule has 0 aromatic rings. The van der Waals surface area contributed by atoms with Gasteiger partial charge in [0, 0.05) is 6.61 Å². The predicted octanol–water partition coefficient (Wildman–Crippen LogP) is 3.29. The average molecular weight is 299 g/mol. The lowest BCUT2D eigenvalue weighted by atomic mass is 9.85. The molecule has 1 aliphatic carbocycles. The van der Waals surface area contributed by atoms with Crippen LogP contribution in [0.3, 0.4) is 0 Å². The Kier molecular flexibility index (Phi) is 8.27. The van der Waals surface area contributed by atoms with Gasteiger partial charge in [-0.3, -0.25) is 4.79 Å². The largest absolute Gasteiger partial charge is 0.465 e. The average Bonchev–Trinajstić information content (AvgIpc) is 2.48. The summed E-state index contributed by atoms with van der Waals surface area (Å²) in [6, 6.07) is 0. The predicted molar refractivity (Wildman–Crippen MR) is 85.3 cm³/mol. The van der Waals surface area contributed by atoms with Gasteiger partial charge in [-0.15, -0.1) is 0 Å². The molecule has 0 heterocycles. The molecule has 1 aliphatic rings. The van der Waals surface area contributed by atoms with Gasteiger partial charge in [0.25, 0.3) is 0 Å². The Hall–Kier alpha value is -0.610. The van der Waals surface area contributed by atoms with Gasteiger partial charge in [0.2, 0.25) is 0 Å². The summed E-state index contributed by atoms with van der Waals surface area (Å²) in [4.78, 5) is 12.1. The molecule has 0 radical (unpaired) electrons. The third-order valence-corrected chi connectivity index (χ3v) is 4.56. The molecule has 1 rings (SSSR count). The van der Waals surface area contributed by atoms with E-state index in [0.29, 0.717) is 25.7 Å². The number of ether oxygens (including phenoxy) is 2. The zero-order chi connectivity index (χ0) is 15.7. The summed E-state index contributed by atoms with van der Waals surface area (Å²) in [5.74, 6) is 0.638. The van der Waals surface area contributed by atoms with Crippen LogP contribution in [0.4, 0.5) is 0 Å². The molecular formula is C17H33NO3. The first-order valence-electron chi connectivity index (χ1n) is 8.59. The second kappa shape index (κ2) is 9.42. The summed E-state index contributed by atoms with van der Waals surface area (Å²) in [6.07, 6.45) is 7.23. The van der Waals surface area contributed by atoms with Gasteiger partial charge < -0.3 is 14.8 Å². The molecule has 0 aromatic carbocycles. The van der Waals surface area contributed by atoms with Crippen molar-refractivity contribution in [3.05, 3.63) is 0 Å². The summed E-state index contributed by atoms with van der Waals surface area (Å²) < 4.78 is 11.2. The maximum absolute atomic E-state index is 12.1. The van der Waals surface area contributed by atoms with Gasteiger partial charge in [0.15, 0.2) is 0 Å². The number of nitrogens with one attached hydrogen (secondary N) is 1. The molecule has 1 N–H and O–H groups in total. The third kappa shape index (κ3) is 5.95. The second-order valence-corrected chi connectivity index (χ2v) is 6.27. The first-order chi connectivity index (χ1) is 10.1. The van der Waals surface area contributed by atoms with Gasteiger partial charge in [0.1, 0.15) is 5.54 Å². The van der Waals surface area contributed by atoms with Gasteiger partial charge in [-0.1, -0.05) is 33.1 Å². The monoisotopic (exact) mass is 299 g/mol. The molecular weight excluding hydrogens is 266 g/mol. The fourth-order valence-corrected chi connectivity index (χ4v) is 3.14. The lowest BCUT2D eigenvalue weighted by Crippen LogP contribution is -2.51. The van der Waals surface area contributed by atoms with Crippen molar-refractivity contribution >= 4 is 5.97 Å². The highest BCUT2D eigenvalue weighted by Gasteiger charge is 2.34. The Balaban J connectivity index is 2.40. The van der Waals surface area contributed by atoms with Crippen LogP contribution in [0.5, 0.6) is 0 Å². The lowest BCUT2D eigenvalue weighted by molar-refractivity contribution is -0.151. The molecule has 0 amide bonds. The first kappa shape index (κ1) is 18.4. The molecule has 124 valence electrons. The van der Waals surface area contributed by atoms with Crippen molar-refractivity contribution in [3.63, 3.8) is 0 Å². The highest BCUT2D eigenvalue weighted by atomic mass is 16.5. The smallest absolute Gasteiger partial charge is 0.326 e. The van der Waals surface area contributed by atoms with E-state index in [-0.39, 0.29) is 5.97 Å². The molecule has 3 atom stereocenters. The minimum Gasteiger partial charge on any atom is -0.465 e. The number of esters is 1. The van der Waals surface area contributed by atoms with E-state index >= 15 is 0 Å². The minimum atomic E-state index is -0.635. The number of hydrogen-bond acceptors (Lipinski definition) is 4. The number of carbonyl (C=O) groups is 1. The van der Waals surface area contributed by atoms with Gasteiger partial charge in [-0.2, -0.15) is 0 Å². The van der Waals surface area contributed by atoms with Crippen molar-refractivity contribution < 1.29 is 14.3 Å². The Bertz CT molecular complexity index is 308. The van der Waals surface area contributed by atoms with Crippen molar-refractivity contribution in [1.29, 1.82) is 0 Å². The van der Waals surface area contributed by atoms with Crippen LogP contribution in [0.2, 0.25) is 0 Å². The number of carbonyl (C=O) groups excluding carboxylic acids is 1. The van der Waals surface area contributed by atoms with Crippen LogP contribution in [0.1, 0.15) is 66.2 Å². The van der Waals surface area contributed by atoms with E-state index in [4.69, 9.17) is 9.47 Å². The SMILES string of the molecule is CCNC(C)(CCOC1CCCC(CC)C1)C(=O)OCC. The molecule has 21 heavy (non-hydrogen) atoms. The van der Waals surface area contributed by atoms with E-state index in [1.807, 2.05) is 20.8 Å². The standard InChI is InChI=1S/C17H33NO3/c1-5-14-9-8-10-15(13-14)21-12-11-17(4,18-6-2)16(19)20-7-3/h14-15,18H,5-13H2,1-4H3. The fourth-order valence-electron chi connectivity index (χ4n) is 3.14. The van der Waals surface area contributed by atoms with Gasteiger partial charge in [-0.25, -0.2) is 0 Å². The van der Waals surface area contributed by atoms with Crippen molar-refractivity contribution in [2.24, 2.45) is 5.92 Å². The molecule has 1 saturated carbocycles. The molecule has 0 saturated heterocycles. The van der Waals surface area contributed by atoms with Gasteiger partial charge >= 0.3 is 5.97 Å². The summed E-state index contributed by atoms with van der Waals surface area (Å²) in [5, 5.41) is 3.25. The molecule has 0 aromatic heterocycles. The Morgan fingerprint density at radius 3 is 2.67 bits per heavy atom. The normalized spacial score (nSPS) is 25.3.